The third kappa shape index (κ3) is 3.57. The standard InChI is InChI=1S/C16H12N6OS2/c23-15(19-16-22-17-9-25-16)18-10-3-5-12-13(20-21-14(12)8-10)6-4-11-2-1-7-24-11/h1-9H,(H,20,21)(H2,18,19,22,23)/b6-4+. The molecule has 0 atom stereocenters. The monoisotopic (exact) mass is 368 g/mol. The van der Waals surface area contributed by atoms with E-state index in [1.54, 1.807) is 16.8 Å². The molecule has 3 aromatic heterocycles. The minimum atomic E-state index is -0.367. The van der Waals surface area contributed by atoms with Gasteiger partial charge in [-0.05, 0) is 41.8 Å². The van der Waals surface area contributed by atoms with Gasteiger partial charge in [0.05, 0.1) is 11.2 Å². The van der Waals surface area contributed by atoms with E-state index < -0.39 is 0 Å². The predicted octanol–water partition coefficient (Wildman–Crippen LogP) is 4.29. The number of aromatic amines is 1. The number of carbonyl (C=O) groups is 1. The summed E-state index contributed by atoms with van der Waals surface area (Å²) in [5.41, 5.74) is 3.91. The molecule has 0 bridgehead atoms. The SMILES string of the molecule is O=C(Nc1ccc2c(/C=C/c3cccs3)n[nH]c2c1)Nc1nncs1. The van der Waals surface area contributed by atoms with Gasteiger partial charge in [-0.25, -0.2) is 4.79 Å². The lowest BCUT2D eigenvalue weighted by Gasteiger charge is -2.05. The Kier molecular flexibility index (Phi) is 4.23. The van der Waals surface area contributed by atoms with Gasteiger partial charge < -0.3 is 5.32 Å². The summed E-state index contributed by atoms with van der Waals surface area (Å²) in [6.07, 6.45) is 4.00. The van der Waals surface area contributed by atoms with Gasteiger partial charge in [0.2, 0.25) is 5.13 Å². The highest BCUT2D eigenvalue weighted by atomic mass is 32.1. The molecule has 9 heteroatoms. The molecule has 0 saturated carbocycles. The van der Waals surface area contributed by atoms with Crippen molar-refractivity contribution in [1.29, 1.82) is 0 Å². The third-order valence-electron chi connectivity index (χ3n) is 3.38. The molecular weight excluding hydrogens is 356 g/mol. The first kappa shape index (κ1) is 15.5. The number of nitrogens with one attached hydrogen (secondary N) is 3. The Morgan fingerprint density at radius 1 is 1.16 bits per heavy atom. The fourth-order valence-corrected chi connectivity index (χ4v) is 3.34. The third-order valence-corrected chi connectivity index (χ3v) is 4.82. The number of carbonyl (C=O) groups excluding carboxylic acids is 1. The van der Waals surface area contributed by atoms with Gasteiger partial charge in [0.25, 0.3) is 0 Å². The summed E-state index contributed by atoms with van der Waals surface area (Å²) in [5, 5.41) is 23.6. The molecule has 2 amide bonds. The molecule has 0 spiro atoms. The highest BCUT2D eigenvalue weighted by Gasteiger charge is 2.08. The number of anilines is 2. The van der Waals surface area contributed by atoms with Crippen LogP contribution in [0.3, 0.4) is 0 Å². The van der Waals surface area contributed by atoms with Crippen molar-refractivity contribution >= 4 is 62.6 Å². The van der Waals surface area contributed by atoms with Crippen LogP contribution >= 0.6 is 22.7 Å². The van der Waals surface area contributed by atoms with Crippen molar-refractivity contribution < 1.29 is 4.79 Å². The van der Waals surface area contributed by atoms with Gasteiger partial charge >= 0.3 is 6.03 Å². The molecule has 0 fully saturated rings. The van der Waals surface area contributed by atoms with E-state index in [0.717, 1.165) is 16.6 Å². The molecule has 0 aliphatic rings. The smallest absolute Gasteiger partial charge is 0.308 e. The second kappa shape index (κ2) is 6.83. The maximum atomic E-state index is 11.9. The zero-order valence-corrected chi connectivity index (χ0v) is 14.4. The van der Waals surface area contributed by atoms with Crippen LogP contribution in [0.1, 0.15) is 10.6 Å². The topological polar surface area (TPSA) is 95.6 Å². The lowest BCUT2D eigenvalue weighted by molar-refractivity contribution is 0.262. The first-order chi connectivity index (χ1) is 12.3. The number of urea groups is 1. The van der Waals surface area contributed by atoms with Crippen molar-refractivity contribution in [1.82, 2.24) is 20.4 Å². The summed E-state index contributed by atoms with van der Waals surface area (Å²) < 4.78 is 0. The van der Waals surface area contributed by atoms with E-state index in [1.807, 2.05) is 41.8 Å². The minimum absolute atomic E-state index is 0.367. The molecule has 0 aliphatic carbocycles. The van der Waals surface area contributed by atoms with Crippen LogP contribution in [0.4, 0.5) is 15.6 Å². The largest absolute Gasteiger partial charge is 0.325 e. The molecule has 0 aliphatic heterocycles. The Hall–Kier alpha value is -3.04. The van der Waals surface area contributed by atoms with Crippen LogP contribution in [0.5, 0.6) is 0 Å². The number of hydrogen-bond donors (Lipinski definition) is 3. The van der Waals surface area contributed by atoms with Crippen LogP contribution in [-0.4, -0.2) is 26.4 Å². The summed E-state index contributed by atoms with van der Waals surface area (Å²) >= 11 is 2.93. The van der Waals surface area contributed by atoms with Gasteiger partial charge in [-0.15, -0.1) is 21.5 Å². The fourth-order valence-electron chi connectivity index (χ4n) is 2.28. The molecule has 7 nitrogen and oxygen atoms in total. The Labute approximate surface area is 150 Å². The van der Waals surface area contributed by atoms with Crippen molar-refractivity contribution in [2.45, 2.75) is 0 Å². The zero-order valence-electron chi connectivity index (χ0n) is 12.8. The molecule has 0 unspecified atom stereocenters. The normalized spacial score (nSPS) is 11.2. The summed E-state index contributed by atoms with van der Waals surface area (Å²) in [6, 6.07) is 9.29. The minimum Gasteiger partial charge on any atom is -0.308 e. The molecular formula is C16H12N6OS2. The zero-order chi connectivity index (χ0) is 17.1. The first-order valence-corrected chi connectivity index (χ1v) is 9.08. The summed E-state index contributed by atoms with van der Waals surface area (Å²) in [6.45, 7) is 0. The fraction of sp³-hybridized carbons (Fsp3) is 0. The predicted molar refractivity (Wildman–Crippen MR) is 102 cm³/mol. The van der Waals surface area contributed by atoms with E-state index in [-0.39, 0.29) is 6.03 Å². The van der Waals surface area contributed by atoms with Crippen LogP contribution in [0.25, 0.3) is 23.1 Å². The van der Waals surface area contributed by atoms with Crippen molar-refractivity contribution in [2.24, 2.45) is 0 Å². The Morgan fingerprint density at radius 3 is 2.92 bits per heavy atom. The molecule has 3 heterocycles. The van der Waals surface area contributed by atoms with E-state index in [1.165, 1.54) is 16.2 Å². The molecule has 25 heavy (non-hydrogen) atoms. The van der Waals surface area contributed by atoms with E-state index >= 15 is 0 Å². The van der Waals surface area contributed by atoms with Gasteiger partial charge in [-0.2, -0.15) is 5.10 Å². The second-order valence-corrected chi connectivity index (χ2v) is 6.85. The molecule has 1 aromatic carbocycles. The number of thiophene rings is 1. The number of amides is 2. The molecule has 3 N–H and O–H groups in total. The number of fused-ring (bicyclic) bond motifs is 1. The quantitative estimate of drug-likeness (QED) is 0.501. The van der Waals surface area contributed by atoms with Crippen LogP contribution in [-0.2, 0) is 0 Å². The van der Waals surface area contributed by atoms with Gasteiger partial charge in [-0.1, -0.05) is 17.4 Å². The highest BCUT2D eigenvalue weighted by molar-refractivity contribution is 7.13. The maximum absolute atomic E-state index is 11.9. The lowest BCUT2D eigenvalue weighted by Crippen LogP contribution is -2.19. The summed E-state index contributed by atoms with van der Waals surface area (Å²) in [4.78, 5) is 13.1. The van der Waals surface area contributed by atoms with Crippen LogP contribution < -0.4 is 10.6 Å². The number of aromatic nitrogens is 4. The molecule has 124 valence electrons. The molecule has 4 rings (SSSR count). The van der Waals surface area contributed by atoms with Gasteiger partial charge in [-0.3, -0.25) is 10.4 Å². The Balaban J connectivity index is 1.50. The number of nitrogens with zero attached hydrogens (tertiary/aromatic N) is 3. The van der Waals surface area contributed by atoms with Crippen molar-refractivity contribution in [3.8, 4) is 0 Å². The Morgan fingerprint density at radius 2 is 2.12 bits per heavy atom. The number of rotatable bonds is 4. The molecule has 0 saturated heterocycles. The van der Waals surface area contributed by atoms with E-state index in [2.05, 4.69) is 37.1 Å². The van der Waals surface area contributed by atoms with Crippen molar-refractivity contribution in [3.05, 3.63) is 51.8 Å². The first-order valence-electron chi connectivity index (χ1n) is 7.32. The number of hydrogen-bond acceptors (Lipinski definition) is 6. The van der Waals surface area contributed by atoms with Crippen LogP contribution in [0.15, 0.2) is 41.2 Å². The average Bonchev–Trinajstić information content (AvgIpc) is 3.34. The van der Waals surface area contributed by atoms with Gasteiger partial charge in [0.1, 0.15) is 5.51 Å². The van der Waals surface area contributed by atoms with E-state index in [4.69, 9.17) is 0 Å². The van der Waals surface area contributed by atoms with E-state index in [9.17, 15) is 4.79 Å². The number of H-pyrrole nitrogens is 1. The molecule has 4 aromatic rings. The highest BCUT2D eigenvalue weighted by Crippen LogP contribution is 2.22. The van der Waals surface area contributed by atoms with Crippen LogP contribution in [0, 0.1) is 0 Å². The van der Waals surface area contributed by atoms with E-state index in [0.29, 0.717) is 10.8 Å². The van der Waals surface area contributed by atoms with Gasteiger partial charge in [0.15, 0.2) is 0 Å². The van der Waals surface area contributed by atoms with Crippen LogP contribution in [0.2, 0.25) is 0 Å². The Bertz CT molecular complexity index is 1020. The summed E-state index contributed by atoms with van der Waals surface area (Å²) in [7, 11) is 0. The lowest BCUT2D eigenvalue weighted by atomic mass is 10.2. The van der Waals surface area contributed by atoms with Gasteiger partial charge in [0, 0.05) is 16.0 Å². The molecule has 0 radical (unpaired) electrons. The number of benzene rings is 1. The summed E-state index contributed by atoms with van der Waals surface area (Å²) in [5.74, 6) is 0. The average molecular weight is 368 g/mol. The maximum Gasteiger partial charge on any atom is 0.325 e. The second-order valence-electron chi connectivity index (χ2n) is 5.04. The van der Waals surface area contributed by atoms with Crippen molar-refractivity contribution in [3.63, 3.8) is 0 Å². The van der Waals surface area contributed by atoms with Crippen molar-refractivity contribution in [2.75, 3.05) is 10.6 Å².